The van der Waals surface area contributed by atoms with Crippen LogP contribution in [-0.4, -0.2) is 37.4 Å². The van der Waals surface area contributed by atoms with Gasteiger partial charge in [-0.3, -0.25) is 9.48 Å². The number of carbonyl (C=O) groups excluding carboxylic acids is 1. The minimum absolute atomic E-state index is 0.0144. The number of methoxy groups -OCH3 is 1. The van der Waals surface area contributed by atoms with Crippen LogP contribution >= 0.6 is 0 Å². The fraction of sp³-hybridized carbons (Fsp3) is 0.120. The summed E-state index contributed by atoms with van der Waals surface area (Å²) < 4.78 is 61.9. The molecule has 3 aromatic heterocycles. The van der Waals surface area contributed by atoms with Gasteiger partial charge in [0, 0.05) is 17.8 Å². The number of carbonyl (C=O) groups is 1. The van der Waals surface area contributed by atoms with Crippen molar-refractivity contribution < 1.29 is 27.1 Å². The third kappa shape index (κ3) is 4.99. The van der Waals surface area contributed by atoms with E-state index in [0.717, 1.165) is 17.8 Å². The van der Waals surface area contributed by atoms with Crippen molar-refractivity contribution in [2.24, 2.45) is 0 Å². The monoisotopic (exact) mass is 510 g/mol. The second kappa shape index (κ2) is 9.37. The first-order valence-corrected chi connectivity index (χ1v) is 10.9. The lowest BCUT2D eigenvalue weighted by molar-refractivity contribution is -0.142. The molecule has 5 aromatic rings. The van der Waals surface area contributed by atoms with Crippen molar-refractivity contribution in [3.05, 3.63) is 95.7 Å². The Morgan fingerprint density at radius 2 is 1.78 bits per heavy atom. The SMILES string of the molecule is COc1ccc(-c2cc(C(F)(F)F)n3ncc(C(=O)Nc4ccn(Cc5ccc(F)cc5)n4)c3n2)cc1. The number of hydrogen-bond donors (Lipinski definition) is 1. The Morgan fingerprint density at radius 1 is 1.05 bits per heavy atom. The molecular weight excluding hydrogens is 492 g/mol. The molecule has 0 atom stereocenters. The van der Waals surface area contributed by atoms with Crippen LogP contribution < -0.4 is 10.1 Å². The summed E-state index contributed by atoms with van der Waals surface area (Å²) in [6.07, 6.45) is -2.11. The molecule has 0 bridgehead atoms. The van der Waals surface area contributed by atoms with E-state index in [9.17, 15) is 22.4 Å². The zero-order valence-corrected chi connectivity index (χ0v) is 19.2. The quantitative estimate of drug-likeness (QED) is 0.323. The van der Waals surface area contributed by atoms with E-state index in [-0.39, 0.29) is 28.5 Å². The Hall–Kier alpha value is -4.74. The van der Waals surface area contributed by atoms with E-state index in [1.54, 1.807) is 42.6 Å². The summed E-state index contributed by atoms with van der Waals surface area (Å²) in [6, 6.07) is 14.6. The first-order valence-electron chi connectivity index (χ1n) is 10.9. The maximum absolute atomic E-state index is 13.9. The molecule has 0 spiro atoms. The van der Waals surface area contributed by atoms with Crippen LogP contribution in [0.1, 0.15) is 21.6 Å². The van der Waals surface area contributed by atoms with Gasteiger partial charge in [-0.25, -0.2) is 13.9 Å². The van der Waals surface area contributed by atoms with E-state index >= 15 is 0 Å². The second-order valence-electron chi connectivity index (χ2n) is 8.03. The molecule has 0 aliphatic carbocycles. The Kier molecular flexibility index (Phi) is 6.07. The third-order valence-corrected chi connectivity index (χ3v) is 5.53. The smallest absolute Gasteiger partial charge is 0.433 e. The summed E-state index contributed by atoms with van der Waals surface area (Å²) in [5.41, 5.74) is -0.287. The van der Waals surface area contributed by atoms with Crippen molar-refractivity contribution in [3.63, 3.8) is 0 Å². The van der Waals surface area contributed by atoms with Gasteiger partial charge in [0.2, 0.25) is 0 Å². The summed E-state index contributed by atoms with van der Waals surface area (Å²) in [6.45, 7) is 0.328. The highest BCUT2D eigenvalue weighted by atomic mass is 19.4. The first-order chi connectivity index (χ1) is 17.7. The van der Waals surface area contributed by atoms with Gasteiger partial charge in [0.1, 0.15) is 17.1 Å². The zero-order valence-electron chi connectivity index (χ0n) is 19.2. The van der Waals surface area contributed by atoms with Gasteiger partial charge in [-0.2, -0.15) is 23.4 Å². The largest absolute Gasteiger partial charge is 0.497 e. The zero-order chi connectivity index (χ0) is 26.2. The minimum atomic E-state index is -4.75. The number of anilines is 1. The molecule has 1 amide bonds. The van der Waals surface area contributed by atoms with Crippen LogP contribution in [0, 0.1) is 5.82 Å². The molecular formula is C25H18F4N6O2. The van der Waals surface area contributed by atoms with E-state index in [1.165, 1.54) is 30.0 Å². The van der Waals surface area contributed by atoms with E-state index in [2.05, 4.69) is 20.5 Å². The van der Waals surface area contributed by atoms with Crippen LogP contribution in [0.2, 0.25) is 0 Å². The molecule has 3 heterocycles. The van der Waals surface area contributed by atoms with Gasteiger partial charge in [-0.05, 0) is 48.0 Å². The number of nitrogens with one attached hydrogen (secondary N) is 1. The van der Waals surface area contributed by atoms with E-state index in [4.69, 9.17) is 4.74 Å². The third-order valence-electron chi connectivity index (χ3n) is 5.53. The lowest BCUT2D eigenvalue weighted by atomic mass is 10.1. The number of fused-ring (bicyclic) bond motifs is 1. The highest BCUT2D eigenvalue weighted by Crippen LogP contribution is 2.33. The molecule has 188 valence electrons. The van der Waals surface area contributed by atoms with Crippen LogP contribution in [0.4, 0.5) is 23.4 Å². The maximum Gasteiger partial charge on any atom is 0.433 e. The minimum Gasteiger partial charge on any atom is -0.497 e. The van der Waals surface area contributed by atoms with Crippen molar-refractivity contribution >= 4 is 17.4 Å². The Bertz CT molecular complexity index is 1570. The number of nitrogens with zero attached hydrogens (tertiary/aromatic N) is 5. The van der Waals surface area contributed by atoms with Crippen LogP contribution in [0.5, 0.6) is 5.75 Å². The molecule has 0 saturated heterocycles. The lowest BCUT2D eigenvalue weighted by Gasteiger charge is -2.12. The number of halogens is 4. The van der Waals surface area contributed by atoms with Gasteiger partial charge in [0.15, 0.2) is 17.2 Å². The maximum atomic E-state index is 13.9. The van der Waals surface area contributed by atoms with Crippen LogP contribution in [0.25, 0.3) is 16.9 Å². The molecule has 0 unspecified atom stereocenters. The number of hydrogen-bond acceptors (Lipinski definition) is 5. The molecule has 1 N–H and O–H groups in total. The highest BCUT2D eigenvalue weighted by molar-refractivity contribution is 6.07. The van der Waals surface area contributed by atoms with Gasteiger partial charge in [0.25, 0.3) is 5.91 Å². The van der Waals surface area contributed by atoms with E-state index in [1.807, 2.05) is 0 Å². The molecule has 8 nitrogen and oxygen atoms in total. The van der Waals surface area contributed by atoms with Gasteiger partial charge in [-0.1, -0.05) is 12.1 Å². The number of aromatic nitrogens is 5. The summed E-state index contributed by atoms with van der Waals surface area (Å²) in [4.78, 5) is 17.3. The number of ether oxygens (including phenoxy) is 1. The summed E-state index contributed by atoms with van der Waals surface area (Å²) in [7, 11) is 1.48. The molecule has 0 fully saturated rings. The molecule has 2 aromatic carbocycles. The summed E-state index contributed by atoms with van der Waals surface area (Å²) >= 11 is 0. The van der Waals surface area contributed by atoms with E-state index < -0.39 is 17.8 Å². The standard InChI is InChI=1S/C25H18F4N6O2/c1-37-18-8-4-16(5-9-18)20-12-21(25(27,28)29)35-23(31-20)19(13-30-35)24(36)32-22-10-11-34(33-22)14-15-2-6-17(26)7-3-15/h2-13H,14H2,1H3,(H,32,33,36). The van der Waals surface area contributed by atoms with Crippen molar-refractivity contribution in [1.82, 2.24) is 24.4 Å². The predicted octanol–water partition coefficient (Wildman–Crippen LogP) is 5.06. The molecule has 12 heteroatoms. The molecule has 37 heavy (non-hydrogen) atoms. The Labute approximate surface area is 207 Å². The molecule has 5 rings (SSSR count). The fourth-order valence-electron chi connectivity index (χ4n) is 3.71. The number of alkyl halides is 3. The van der Waals surface area contributed by atoms with Gasteiger partial charge >= 0.3 is 6.18 Å². The van der Waals surface area contributed by atoms with Crippen molar-refractivity contribution in [3.8, 4) is 17.0 Å². The molecule has 0 saturated carbocycles. The lowest BCUT2D eigenvalue weighted by Crippen LogP contribution is -2.16. The van der Waals surface area contributed by atoms with E-state index in [0.29, 0.717) is 22.4 Å². The highest BCUT2D eigenvalue weighted by Gasteiger charge is 2.36. The number of benzene rings is 2. The van der Waals surface area contributed by atoms with Gasteiger partial charge < -0.3 is 10.1 Å². The van der Waals surface area contributed by atoms with Crippen molar-refractivity contribution in [1.29, 1.82) is 0 Å². The topological polar surface area (TPSA) is 86.3 Å². The van der Waals surface area contributed by atoms with Gasteiger partial charge in [-0.15, -0.1) is 0 Å². The molecule has 0 aliphatic heterocycles. The number of rotatable bonds is 6. The average Bonchev–Trinajstić information content (AvgIpc) is 3.51. The normalized spacial score (nSPS) is 11.6. The van der Waals surface area contributed by atoms with Crippen LogP contribution in [0.15, 0.2) is 73.1 Å². The molecule has 0 aliphatic rings. The molecule has 0 radical (unpaired) electrons. The Balaban J connectivity index is 1.45. The first kappa shape index (κ1) is 24.0. The average molecular weight is 510 g/mol. The van der Waals surface area contributed by atoms with Crippen molar-refractivity contribution in [2.75, 3.05) is 12.4 Å². The predicted molar refractivity (Wildman–Crippen MR) is 126 cm³/mol. The second-order valence-corrected chi connectivity index (χ2v) is 8.03. The van der Waals surface area contributed by atoms with Crippen LogP contribution in [-0.2, 0) is 12.7 Å². The Morgan fingerprint density at radius 3 is 2.46 bits per heavy atom. The summed E-state index contributed by atoms with van der Waals surface area (Å²) in [5, 5.41) is 10.6. The fourth-order valence-corrected chi connectivity index (χ4v) is 3.71. The van der Waals surface area contributed by atoms with Crippen LogP contribution in [0.3, 0.4) is 0 Å². The number of amides is 1. The summed E-state index contributed by atoms with van der Waals surface area (Å²) in [5.74, 6) is -0.379. The van der Waals surface area contributed by atoms with Crippen molar-refractivity contribution in [2.45, 2.75) is 12.7 Å². The van der Waals surface area contributed by atoms with Gasteiger partial charge in [0.05, 0.1) is 25.5 Å².